The van der Waals surface area contributed by atoms with Crippen molar-refractivity contribution < 1.29 is 18.0 Å². The summed E-state index contributed by atoms with van der Waals surface area (Å²) in [5, 5.41) is 0. The van der Waals surface area contributed by atoms with Gasteiger partial charge in [0.25, 0.3) is 0 Å². The van der Waals surface area contributed by atoms with Gasteiger partial charge in [0, 0.05) is 17.3 Å². The minimum Gasteiger partial charge on any atom is -0.287 e. The predicted molar refractivity (Wildman–Crippen MR) is 58.1 cm³/mol. The molecule has 0 amide bonds. The Morgan fingerprint density at radius 3 is 2.50 bits per heavy atom. The van der Waals surface area contributed by atoms with E-state index in [-0.39, 0.29) is 11.3 Å². The predicted octanol–water partition coefficient (Wildman–Crippen LogP) is 3.31. The molecule has 0 unspecified atom stereocenters. The zero-order valence-electron chi connectivity index (χ0n) is 8.95. The molecule has 1 aliphatic rings. The van der Waals surface area contributed by atoms with Crippen LogP contribution in [0.25, 0.3) is 11.1 Å². The van der Waals surface area contributed by atoms with Gasteiger partial charge in [0.05, 0.1) is 5.56 Å². The summed E-state index contributed by atoms with van der Waals surface area (Å²) in [6.45, 7) is 0. The lowest BCUT2D eigenvalue weighted by Gasteiger charge is -2.07. The molecule has 5 heteroatoms. The first-order chi connectivity index (χ1) is 8.48. The van der Waals surface area contributed by atoms with E-state index in [2.05, 4.69) is 4.98 Å². The standard InChI is InChI=1S/C13H6F3NO/c14-13(15,16)7-3-4-8-9-2-1-5-17-11(9)12(18)10(8)6-7/h1-6H. The summed E-state index contributed by atoms with van der Waals surface area (Å²) < 4.78 is 37.8. The third-order valence-electron chi connectivity index (χ3n) is 2.90. The lowest BCUT2D eigenvalue weighted by atomic mass is 10.0. The molecule has 1 heterocycles. The van der Waals surface area contributed by atoms with Gasteiger partial charge in [0.2, 0.25) is 5.78 Å². The molecule has 0 saturated heterocycles. The quantitative estimate of drug-likeness (QED) is 0.611. The van der Waals surface area contributed by atoms with Gasteiger partial charge in [-0.25, -0.2) is 0 Å². The fraction of sp³-hybridized carbons (Fsp3) is 0.0769. The number of benzene rings is 1. The number of hydrogen-bond acceptors (Lipinski definition) is 2. The number of nitrogens with zero attached hydrogens (tertiary/aromatic N) is 1. The second kappa shape index (κ2) is 3.41. The van der Waals surface area contributed by atoms with Gasteiger partial charge < -0.3 is 0 Å². The van der Waals surface area contributed by atoms with Crippen LogP contribution in [-0.2, 0) is 6.18 Å². The molecule has 0 N–H and O–H groups in total. The summed E-state index contributed by atoms with van der Waals surface area (Å²) in [6.07, 6.45) is -3.00. The molecule has 0 saturated carbocycles. The summed E-state index contributed by atoms with van der Waals surface area (Å²) in [4.78, 5) is 15.9. The van der Waals surface area contributed by atoms with Crippen molar-refractivity contribution in [3.63, 3.8) is 0 Å². The van der Waals surface area contributed by atoms with Gasteiger partial charge in [-0.15, -0.1) is 0 Å². The Morgan fingerprint density at radius 2 is 1.78 bits per heavy atom. The van der Waals surface area contributed by atoms with Crippen LogP contribution in [-0.4, -0.2) is 10.8 Å². The largest absolute Gasteiger partial charge is 0.416 e. The minimum atomic E-state index is -4.45. The molecule has 1 aliphatic carbocycles. The lowest BCUT2D eigenvalue weighted by molar-refractivity contribution is -0.137. The Morgan fingerprint density at radius 1 is 1.00 bits per heavy atom. The first-order valence-corrected chi connectivity index (χ1v) is 5.20. The van der Waals surface area contributed by atoms with Crippen LogP contribution in [0.4, 0.5) is 13.2 Å². The van der Waals surface area contributed by atoms with Crippen LogP contribution in [0.2, 0.25) is 0 Å². The molecule has 0 spiro atoms. The van der Waals surface area contributed by atoms with Crippen molar-refractivity contribution in [2.45, 2.75) is 6.18 Å². The van der Waals surface area contributed by atoms with Crippen molar-refractivity contribution in [3.8, 4) is 11.1 Å². The average Bonchev–Trinajstić information content (AvgIpc) is 2.63. The summed E-state index contributed by atoms with van der Waals surface area (Å²) in [6, 6.07) is 6.52. The topological polar surface area (TPSA) is 30.0 Å². The summed E-state index contributed by atoms with van der Waals surface area (Å²) in [7, 11) is 0. The first kappa shape index (κ1) is 11.0. The number of carbonyl (C=O) groups excluding carboxylic acids is 1. The highest BCUT2D eigenvalue weighted by atomic mass is 19.4. The molecule has 0 bridgehead atoms. The monoisotopic (exact) mass is 249 g/mol. The van der Waals surface area contributed by atoms with Crippen molar-refractivity contribution in [2.24, 2.45) is 0 Å². The number of halogens is 3. The van der Waals surface area contributed by atoms with Crippen molar-refractivity contribution >= 4 is 5.78 Å². The number of aromatic nitrogens is 1. The van der Waals surface area contributed by atoms with Crippen molar-refractivity contribution in [3.05, 3.63) is 53.3 Å². The Balaban J connectivity index is 2.23. The molecular formula is C13H6F3NO. The second-order valence-corrected chi connectivity index (χ2v) is 3.99. The van der Waals surface area contributed by atoms with Gasteiger partial charge >= 0.3 is 6.18 Å². The highest BCUT2D eigenvalue weighted by Gasteiger charge is 2.34. The Bertz CT molecular complexity index is 662. The number of fused-ring (bicyclic) bond motifs is 3. The normalized spacial score (nSPS) is 13.4. The van der Waals surface area contributed by atoms with E-state index in [0.717, 1.165) is 12.1 Å². The Kier molecular flexibility index (Phi) is 2.08. The van der Waals surface area contributed by atoms with Crippen LogP contribution >= 0.6 is 0 Å². The second-order valence-electron chi connectivity index (χ2n) is 3.99. The van der Waals surface area contributed by atoms with E-state index in [1.165, 1.54) is 12.3 Å². The van der Waals surface area contributed by atoms with Crippen molar-refractivity contribution in [1.29, 1.82) is 0 Å². The molecule has 1 aromatic heterocycles. The molecule has 0 radical (unpaired) electrons. The van der Waals surface area contributed by atoms with Gasteiger partial charge in [-0.05, 0) is 23.8 Å². The molecule has 0 fully saturated rings. The minimum absolute atomic E-state index is 0.0681. The number of hydrogen-bond donors (Lipinski definition) is 0. The number of alkyl halides is 3. The van der Waals surface area contributed by atoms with Crippen LogP contribution in [0.3, 0.4) is 0 Å². The zero-order valence-corrected chi connectivity index (χ0v) is 8.95. The highest BCUT2D eigenvalue weighted by molar-refractivity contribution is 6.20. The maximum absolute atomic E-state index is 12.6. The summed E-state index contributed by atoms with van der Waals surface area (Å²) in [5.74, 6) is -0.452. The van der Waals surface area contributed by atoms with E-state index in [1.807, 2.05) is 0 Å². The summed E-state index contributed by atoms with van der Waals surface area (Å²) in [5.41, 5.74) is 0.565. The molecular weight excluding hydrogens is 243 g/mol. The van der Waals surface area contributed by atoms with Crippen LogP contribution in [0.15, 0.2) is 36.5 Å². The third kappa shape index (κ3) is 1.44. The molecule has 2 nitrogen and oxygen atoms in total. The van der Waals surface area contributed by atoms with Crippen molar-refractivity contribution in [2.75, 3.05) is 0 Å². The average molecular weight is 249 g/mol. The van der Waals surface area contributed by atoms with Gasteiger partial charge in [0.1, 0.15) is 5.69 Å². The molecule has 90 valence electrons. The third-order valence-corrected chi connectivity index (χ3v) is 2.90. The van der Waals surface area contributed by atoms with E-state index in [1.54, 1.807) is 12.1 Å². The maximum Gasteiger partial charge on any atom is 0.416 e. The fourth-order valence-corrected chi connectivity index (χ4v) is 2.07. The Labute approximate surface area is 100 Å². The number of rotatable bonds is 0. The zero-order chi connectivity index (χ0) is 12.9. The number of pyridine rings is 1. The molecule has 3 rings (SSSR count). The fourth-order valence-electron chi connectivity index (χ4n) is 2.07. The van der Waals surface area contributed by atoms with E-state index in [9.17, 15) is 18.0 Å². The van der Waals surface area contributed by atoms with Gasteiger partial charge in [-0.1, -0.05) is 12.1 Å². The van der Waals surface area contributed by atoms with E-state index < -0.39 is 17.5 Å². The maximum atomic E-state index is 12.6. The van der Waals surface area contributed by atoms with Crippen LogP contribution in [0.1, 0.15) is 21.6 Å². The van der Waals surface area contributed by atoms with E-state index >= 15 is 0 Å². The molecule has 0 atom stereocenters. The molecule has 0 aliphatic heterocycles. The smallest absolute Gasteiger partial charge is 0.287 e. The van der Waals surface area contributed by atoms with Gasteiger partial charge in [0.15, 0.2) is 0 Å². The van der Waals surface area contributed by atoms with Gasteiger partial charge in [-0.3, -0.25) is 9.78 Å². The van der Waals surface area contributed by atoms with Crippen LogP contribution in [0.5, 0.6) is 0 Å². The van der Waals surface area contributed by atoms with E-state index in [4.69, 9.17) is 0 Å². The highest BCUT2D eigenvalue weighted by Crippen LogP contribution is 2.38. The summed E-state index contributed by atoms with van der Waals surface area (Å²) >= 11 is 0. The van der Waals surface area contributed by atoms with Crippen molar-refractivity contribution in [1.82, 2.24) is 4.98 Å². The van der Waals surface area contributed by atoms with Crippen LogP contribution < -0.4 is 0 Å². The number of carbonyl (C=O) groups is 1. The lowest BCUT2D eigenvalue weighted by Crippen LogP contribution is -2.06. The van der Waals surface area contributed by atoms with Crippen LogP contribution in [0, 0.1) is 0 Å². The molecule has 1 aromatic carbocycles. The SMILES string of the molecule is O=C1c2cc(C(F)(F)F)ccc2-c2cccnc21. The Hall–Kier alpha value is -2.17. The first-order valence-electron chi connectivity index (χ1n) is 5.20. The molecule has 18 heavy (non-hydrogen) atoms. The molecule has 2 aromatic rings. The van der Waals surface area contributed by atoms with E-state index in [0.29, 0.717) is 11.1 Å². The number of ketones is 1. The van der Waals surface area contributed by atoms with Gasteiger partial charge in [-0.2, -0.15) is 13.2 Å².